The van der Waals surface area contributed by atoms with Gasteiger partial charge in [0.1, 0.15) is 0 Å². The maximum absolute atomic E-state index is 12.4. The van der Waals surface area contributed by atoms with Gasteiger partial charge in [0.25, 0.3) is 11.8 Å². The van der Waals surface area contributed by atoms with Crippen LogP contribution in [0, 0.1) is 6.92 Å². The van der Waals surface area contributed by atoms with Crippen LogP contribution in [0.4, 0.5) is 5.69 Å². The molecule has 132 valence electrons. The van der Waals surface area contributed by atoms with Crippen molar-refractivity contribution in [3.63, 3.8) is 0 Å². The van der Waals surface area contributed by atoms with Crippen LogP contribution in [0.1, 0.15) is 32.0 Å². The summed E-state index contributed by atoms with van der Waals surface area (Å²) < 4.78 is 5.08. The van der Waals surface area contributed by atoms with E-state index in [9.17, 15) is 9.59 Å². The molecule has 0 aliphatic heterocycles. The standard InChI is InChI=1S/C20H17ClN2O3/c1-13-4-7-15(11-17(13)23-20(25)18-3-2-10-26-18)19(24)22-12-14-5-8-16(21)9-6-14/h2-11H,12H2,1H3,(H,22,24)(H,23,25). The van der Waals surface area contributed by atoms with Gasteiger partial charge in [-0.3, -0.25) is 9.59 Å². The number of rotatable bonds is 5. The van der Waals surface area contributed by atoms with Gasteiger partial charge in [-0.05, 0) is 54.4 Å². The smallest absolute Gasteiger partial charge is 0.291 e. The lowest BCUT2D eigenvalue weighted by atomic mass is 10.1. The summed E-state index contributed by atoms with van der Waals surface area (Å²) in [5.41, 5.74) is 2.81. The van der Waals surface area contributed by atoms with Crippen LogP contribution in [0.3, 0.4) is 0 Å². The quantitative estimate of drug-likeness (QED) is 0.700. The molecule has 1 aromatic heterocycles. The first-order valence-corrected chi connectivity index (χ1v) is 8.39. The van der Waals surface area contributed by atoms with Crippen LogP contribution in [-0.4, -0.2) is 11.8 Å². The molecule has 2 amide bonds. The molecule has 0 radical (unpaired) electrons. The Bertz CT molecular complexity index is 919. The molecule has 0 aliphatic carbocycles. The van der Waals surface area contributed by atoms with Gasteiger partial charge < -0.3 is 15.1 Å². The molecule has 3 rings (SSSR count). The number of aryl methyl sites for hydroxylation is 1. The van der Waals surface area contributed by atoms with Crippen molar-refractivity contribution in [3.05, 3.63) is 88.3 Å². The van der Waals surface area contributed by atoms with Crippen molar-refractivity contribution >= 4 is 29.1 Å². The molecule has 0 atom stereocenters. The van der Waals surface area contributed by atoms with Crippen LogP contribution in [0.2, 0.25) is 5.02 Å². The summed E-state index contributed by atoms with van der Waals surface area (Å²) in [6.45, 7) is 2.24. The molecule has 2 aromatic carbocycles. The molecular formula is C20H17ClN2O3. The van der Waals surface area contributed by atoms with Gasteiger partial charge in [0.2, 0.25) is 0 Å². The van der Waals surface area contributed by atoms with E-state index in [1.54, 1.807) is 42.5 Å². The van der Waals surface area contributed by atoms with Gasteiger partial charge in [0, 0.05) is 22.8 Å². The number of nitrogens with one attached hydrogen (secondary N) is 2. The summed E-state index contributed by atoms with van der Waals surface area (Å²) in [6.07, 6.45) is 1.43. The lowest BCUT2D eigenvalue weighted by Gasteiger charge is -2.10. The van der Waals surface area contributed by atoms with Gasteiger partial charge in [-0.2, -0.15) is 0 Å². The molecule has 0 bridgehead atoms. The Labute approximate surface area is 156 Å². The van der Waals surface area contributed by atoms with Gasteiger partial charge in [-0.25, -0.2) is 0 Å². The molecule has 5 nitrogen and oxygen atoms in total. The van der Waals surface area contributed by atoms with E-state index in [1.807, 2.05) is 19.1 Å². The molecule has 3 aromatic rings. The largest absolute Gasteiger partial charge is 0.459 e. The highest BCUT2D eigenvalue weighted by Gasteiger charge is 2.13. The SMILES string of the molecule is Cc1ccc(C(=O)NCc2ccc(Cl)cc2)cc1NC(=O)c1ccco1. The van der Waals surface area contributed by atoms with E-state index in [2.05, 4.69) is 10.6 Å². The topological polar surface area (TPSA) is 71.3 Å². The predicted molar refractivity (Wildman–Crippen MR) is 100 cm³/mol. The minimum absolute atomic E-state index is 0.210. The number of hydrogen-bond donors (Lipinski definition) is 2. The van der Waals surface area contributed by atoms with E-state index in [4.69, 9.17) is 16.0 Å². The van der Waals surface area contributed by atoms with Crippen molar-refractivity contribution in [2.75, 3.05) is 5.32 Å². The van der Waals surface area contributed by atoms with E-state index in [1.165, 1.54) is 6.26 Å². The number of anilines is 1. The zero-order chi connectivity index (χ0) is 18.5. The molecule has 0 aliphatic rings. The van der Waals surface area contributed by atoms with Crippen LogP contribution in [0.5, 0.6) is 0 Å². The fourth-order valence-electron chi connectivity index (χ4n) is 2.38. The predicted octanol–water partition coefficient (Wildman–Crippen LogP) is 4.42. The van der Waals surface area contributed by atoms with Crippen LogP contribution < -0.4 is 10.6 Å². The van der Waals surface area contributed by atoms with Gasteiger partial charge in [-0.1, -0.05) is 29.8 Å². The number of furan rings is 1. The highest BCUT2D eigenvalue weighted by atomic mass is 35.5. The van der Waals surface area contributed by atoms with Crippen molar-refractivity contribution in [2.45, 2.75) is 13.5 Å². The number of carbonyl (C=O) groups is 2. The van der Waals surface area contributed by atoms with Gasteiger partial charge in [-0.15, -0.1) is 0 Å². The van der Waals surface area contributed by atoms with E-state index >= 15 is 0 Å². The van der Waals surface area contributed by atoms with Crippen molar-refractivity contribution in [1.29, 1.82) is 0 Å². The highest BCUT2D eigenvalue weighted by molar-refractivity contribution is 6.30. The molecule has 1 heterocycles. The first kappa shape index (κ1) is 17.8. The number of benzene rings is 2. The Kier molecular flexibility index (Phi) is 5.39. The third kappa shape index (κ3) is 4.32. The van der Waals surface area contributed by atoms with Crippen LogP contribution in [0.25, 0.3) is 0 Å². The molecule has 0 spiro atoms. The normalized spacial score (nSPS) is 10.4. The maximum atomic E-state index is 12.4. The van der Waals surface area contributed by atoms with E-state index in [0.29, 0.717) is 22.8 Å². The first-order valence-electron chi connectivity index (χ1n) is 8.01. The Morgan fingerprint density at radius 2 is 1.81 bits per heavy atom. The summed E-state index contributed by atoms with van der Waals surface area (Å²) in [5, 5.41) is 6.26. The summed E-state index contributed by atoms with van der Waals surface area (Å²) >= 11 is 5.85. The lowest BCUT2D eigenvalue weighted by molar-refractivity contribution is 0.0949. The van der Waals surface area contributed by atoms with E-state index in [0.717, 1.165) is 11.1 Å². The molecular weight excluding hydrogens is 352 g/mol. The fraction of sp³-hybridized carbons (Fsp3) is 0.100. The molecule has 0 unspecified atom stereocenters. The Balaban J connectivity index is 1.68. The summed E-state index contributed by atoms with van der Waals surface area (Å²) in [5.74, 6) is -0.382. The molecule has 2 N–H and O–H groups in total. The number of amides is 2. The molecule has 26 heavy (non-hydrogen) atoms. The number of hydrogen-bond acceptors (Lipinski definition) is 3. The Morgan fingerprint density at radius 1 is 1.04 bits per heavy atom. The second-order valence-corrected chi connectivity index (χ2v) is 6.21. The monoisotopic (exact) mass is 368 g/mol. The lowest BCUT2D eigenvalue weighted by Crippen LogP contribution is -2.23. The van der Waals surface area contributed by atoms with E-state index < -0.39 is 0 Å². The van der Waals surface area contributed by atoms with Crippen molar-refractivity contribution < 1.29 is 14.0 Å². The second kappa shape index (κ2) is 7.89. The third-order valence-electron chi connectivity index (χ3n) is 3.86. The Hall–Kier alpha value is -3.05. The summed E-state index contributed by atoms with van der Waals surface area (Å²) in [7, 11) is 0. The highest BCUT2D eigenvalue weighted by Crippen LogP contribution is 2.18. The van der Waals surface area contributed by atoms with Crippen molar-refractivity contribution in [1.82, 2.24) is 5.32 Å². The van der Waals surface area contributed by atoms with Crippen molar-refractivity contribution in [3.8, 4) is 0 Å². The molecule has 0 saturated heterocycles. The van der Waals surface area contributed by atoms with E-state index in [-0.39, 0.29) is 17.6 Å². The van der Waals surface area contributed by atoms with Crippen molar-refractivity contribution in [2.24, 2.45) is 0 Å². The zero-order valence-corrected chi connectivity index (χ0v) is 14.8. The number of halogens is 1. The zero-order valence-electron chi connectivity index (χ0n) is 14.1. The van der Waals surface area contributed by atoms with Crippen LogP contribution >= 0.6 is 11.6 Å². The Morgan fingerprint density at radius 3 is 2.50 bits per heavy atom. The molecule has 0 fully saturated rings. The maximum Gasteiger partial charge on any atom is 0.291 e. The summed E-state index contributed by atoms with van der Waals surface area (Å²) in [4.78, 5) is 24.5. The summed E-state index contributed by atoms with van der Waals surface area (Å²) in [6, 6.07) is 15.6. The third-order valence-corrected chi connectivity index (χ3v) is 4.11. The van der Waals surface area contributed by atoms with Gasteiger partial charge >= 0.3 is 0 Å². The average Bonchev–Trinajstić information content (AvgIpc) is 3.17. The minimum Gasteiger partial charge on any atom is -0.459 e. The van der Waals surface area contributed by atoms with Gasteiger partial charge in [0.15, 0.2) is 5.76 Å². The van der Waals surface area contributed by atoms with Crippen LogP contribution in [-0.2, 0) is 6.54 Å². The molecule has 0 saturated carbocycles. The fourth-order valence-corrected chi connectivity index (χ4v) is 2.50. The first-order chi connectivity index (χ1) is 12.5. The average molecular weight is 369 g/mol. The second-order valence-electron chi connectivity index (χ2n) is 5.77. The minimum atomic E-state index is -0.364. The van der Waals surface area contributed by atoms with Crippen LogP contribution in [0.15, 0.2) is 65.3 Å². The van der Waals surface area contributed by atoms with Gasteiger partial charge in [0.05, 0.1) is 6.26 Å². The number of carbonyl (C=O) groups excluding carboxylic acids is 2. The molecule has 6 heteroatoms.